The molecule has 0 unspecified atom stereocenters. The smallest absolute Gasteiger partial charge is 0.271 e. The maximum absolute atomic E-state index is 13.4. The van der Waals surface area contributed by atoms with Gasteiger partial charge in [-0.05, 0) is 25.0 Å². The maximum atomic E-state index is 13.4. The molecule has 0 saturated heterocycles. The van der Waals surface area contributed by atoms with Gasteiger partial charge < -0.3 is 5.32 Å². The Balaban J connectivity index is 2.26. The number of rotatable bonds is 5. The third-order valence-corrected chi connectivity index (χ3v) is 2.78. The first kappa shape index (κ1) is 12.6. The third kappa shape index (κ3) is 2.89. The van der Waals surface area contributed by atoms with Gasteiger partial charge >= 0.3 is 0 Å². The molecule has 1 aromatic rings. The lowest BCUT2D eigenvalue weighted by Gasteiger charge is -2.12. The number of halogens is 2. The molecule has 1 saturated carbocycles. The molecule has 3 N–H and O–H groups in total. The Labute approximate surface area is 108 Å². The van der Waals surface area contributed by atoms with Gasteiger partial charge in [-0.1, -0.05) is 11.6 Å². The zero-order valence-electron chi connectivity index (χ0n) is 9.30. The highest BCUT2D eigenvalue weighted by Gasteiger charge is 2.24. The first-order valence-electron chi connectivity index (χ1n) is 5.37. The van der Waals surface area contributed by atoms with Crippen LogP contribution in [0.4, 0.5) is 10.1 Å². The van der Waals surface area contributed by atoms with E-state index in [1.54, 1.807) is 0 Å². The van der Waals surface area contributed by atoms with E-state index in [1.807, 2.05) is 5.43 Å². The lowest BCUT2D eigenvalue weighted by molar-refractivity contribution is -0.110. The van der Waals surface area contributed by atoms with Crippen LogP contribution in [0.25, 0.3) is 0 Å². The Hall–Kier alpha value is -1.82. The van der Waals surface area contributed by atoms with Gasteiger partial charge in [0, 0.05) is 6.04 Å². The molecule has 7 heteroatoms. The summed E-state index contributed by atoms with van der Waals surface area (Å²) in [5.74, 6) is -1.16. The summed E-state index contributed by atoms with van der Waals surface area (Å²) in [4.78, 5) is 21.8. The molecular formula is C11H11ClFN3O2. The highest BCUT2D eigenvalue weighted by Crippen LogP contribution is 2.29. The van der Waals surface area contributed by atoms with Gasteiger partial charge in [0.05, 0.1) is 16.3 Å². The number of anilines is 1. The fourth-order valence-corrected chi connectivity index (χ4v) is 1.63. The monoisotopic (exact) mass is 271 g/mol. The molecule has 18 heavy (non-hydrogen) atoms. The summed E-state index contributed by atoms with van der Waals surface area (Å²) in [6, 6.07) is 2.66. The van der Waals surface area contributed by atoms with Crippen LogP contribution < -0.4 is 16.2 Å². The topological polar surface area (TPSA) is 70.2 Å². The van der Waals surface area contributed by atoms with Crippen molar-refractivity contribution in [3.05, 3.63) is 28.5 Å². The predicted molar refractivity (Wildman–Crippen MR) is 64.7 cm³/mol. The van der Waals surface area contributed by atoms with Gasteiger partial charge in [0.25, 0.3) is 5.91 Å². The van der Waals surface area contributed by atoms with Crippen LogP contribution in [0.2, 0.25) is 5.02 Å². The van der Waals surface area contributed by atoms with Crippen molar-refractivity contribution < 1.29 is 14.0 Å². The van der Waals surface area contributed by atoms with E-state index in [4.69, 9.17) is 11.6 Å². The molecule has 0 atom stereocenters. The van der Waals surface area contributed by atoms with Crippen molar-refractivity contribution in [3.63, 3.8) is 0 Å². The molecule has 1 aliphatic carbocycles. The first-order valence-corrected chi connectivity index (χ1v) is 5.74. The van der Waals surface area contributed by atoms with Crippen LogP contribution in [-0.2, 0) is 4.79 Å². The normalized spacial score (nSPS) is 13.9. The number of nitrogens with one attached hydrogen (secondary N) is 3. The van der Waals surface area contributed by atoms with Crippen molar-refractivity contribution in [2.24, 2.45) is 0 Å². The summed E-state index contributed by atoms with van der Waals surface area (Å²) >= 11 is 5.64. The van der Waals surface area contributed by atoms with Gasteiger partial charge in [-0.15, -0.1) is 0 Å². The minimum atomic E-state index is -0.597. The Kier molecular flexibility index (Phi) is 3.66. The lowest BCUT2D eigenvalue weighted by atomic mass is 10.1. The number of hydrogen-bond donors (Lipinski definition) is 3. The molecule has 0 aliphatic heterocycles. The Bertz CT molecular complexity index is 491. The number of amides is 2. The zero-order chi connectivity index (χ0) is 13.1. The molecule has 0 spiro atoms. The van der Waals surface area contributed by atoms with Gasteiger partial charge in [0.15, 0.2) is 0 Å². The molecule has 1 fully saturated rings. The second-order valence-electron chi connectivity index (χ2n) is 3.95. The minimum absolute atomic E-state index is 0.146. The van der Waals surface area contributed by atoms with Crippen LogP contribution in [0.1, 0.15) is 23.2 Å². The van der Waals surface area contributed by atoms with Gasteiger partial charge in [-0.3, -0.25) is 20.4 Å². The maximum Gasteiger partial charge on any atom is 0.271 e. The van der Waals surface area contributed by atoms with E-state index in [9.17, 15) is 14.0 Å². The highest BCUT2D eigenvalue weighted by molar-refractivity contribution is 6.31. The summed E-state index contributed by atoms with van der Waals surface area (Å²) in [7, 11) is 0. The average molecular weight is 272 g/mol. The molecule has 0 aromatic heterocycles. The van der Waals surface area contributed by atoms with E-state index in [-0.39, 0.29) is 16.6 Å². The van der Waals surface area contributed by atoms with E-state index < -0.39 is 11.7 Å². The van der Waals surface area contributed by atoms with Crippen molar-refractivity contribution >= 4 is 29.6 Å². The quantitative estimate of drug-likeness (QED) is 0.561. The number of benzene rings is 1. The van der Waals surface area contributed by atoms with Crippen LogP contribution in [0.3, 0.4) is 0 Å². The molecular weight excluding hydrogens is 261 g/mol. The molecule has 0 heterocycles. The average Bonchev–Trinajstić information content (AvgIpc) is 3.14. The molecule has 1 aromatic carbocycles. The van der Waals surface area contributed by atoms with Crippen LogP contribution >= 0.6 is 11.6 Å². The molecule has 2 rings (SSSR count). The summed E-state index contributed by atoms with van der Waals surface area (Å²) < 4.78 is 13.4. The third-order valence-electron chi connectivity index (χ3n) is 2.49. The number of hydrogen-bond acceptors (Lipinski definition) is 3. The van der Waals surface area contributed by atoms with Crippen molar-refractivity contribution in [2.45, 2.75) is 18.9 Å². The molecule has 1 aliphatic rings. The lowest BCUT2D eigenvalue weighted by Crippen LogP contribution is -2.36. The van der Waals surface area contributed by atoms with E-state index in [1.165, 1.54) is 12.1 Å². The van der Waals surface area contributed by atoms with Crippen molar-refractivity contribution in [1.29, 1.82) is 0 Å². The number of hydrazine groups is 1. The molecule has 0 bridgehead atoms. The SMILES string of the molecule is O=CNNC(=O)c1cc(Cl)c(F)cc1NC1CC1. The molecule has 96 valence electrons. The van der Waals surface area contributed by atoms with Crippen molar-refractivity contribution in [1.82, 2.24) is 10.9 Å². The molecule has 5 nitrogen and oxygen atoms in total. The van der Waals surface area contributed by atoms with Gasteiger partial charge in [-0.25, -0.2) is 4.39 Å². The fraction of sp³-hybridized carbons (Fsp3) is 0.273. The largest absolute Gasteiger partial charge is 0.382 e. The predicted octanol–water partition coefficient (Wildman–Crippen LogP) is 1.44. The summed E-state index contributed by atoms with van der Waals surface area (Å²) in [6.07, 6.45) is 2.30. The Morgan fingerprint density at radius 2 is 2.17 bits per heavy atom. The fourth-order valence-electron chi connectivity index (χ4n) is 1.46. The van der Waals surface area contributed by atoms with Crippen molar-refractivity contribution in [2.75, 3.05) is 5.32 Å². The van der Waals surface area contributed by atoms with Crippen molar-refractivity contribution in [3.8, 4) is 0 Å². The van der Waals surface area contributed by atoms with Crippen LogP contribution in [0.5, 0.6) is 0 Å². The van der Waals surface area contributed by atoms with Gasteiger partial charge in [-0.2, -0.15) is 0 Å². The van der Waals surface area contributed by atoms with Crippen LogP contribution in [0, 0.1) is 5.82 Å². The van der Waals surface area contributed by atoms with E-state index >= 15 is 0 Å². The Morgan fingerprint density at radius 3 is 2.78 bits per heavy atom. The molecule has 0 radical (unpaired) electrons. The van der Waals surface area contributed by atoms with Crippen LogP contribution in [-0.4, -0.2) is 18.4 Å². The first-order chi connectivity index (χ1) is 8.61. The molecule has 2 amide bonds. The summed E-state index contributed by atoms with van der Waals surface area (Å²) in [6.45, 7) is 0. The zero-order valence-corrected chi connectivity index (χ0v) is 10.1. The highest BCUT2D eigenvalue weighted by atomic mass is 35.5. The van der Waals surface area contributed by atoms with Crippen LogP contribution in [0.15, 0.2) is 12.1 Å². The van der Waals surface area contributed by atoms with Gasteiger partial charge in [0.1, 0.15) is 5.82 Å². The number of carbonyl (C=O) groups excluding carboxylic acids is 2. The summed E-state index contributed by atoms with van der Waals surface area (Å²) in [5.41, 5.74) is 4.73. The Morgan fingerprint density at radius 1 is 1.44 bits per heavy atom. The minimum Gasteiger partial charge on any atom is -0.382 e. The van der Waals surface area contributed by atoms with E-state index in [0.29, 0.717) is 12.1 Å². The number of carbonyl (C=O) groups is 2. The standard InChI is InChI=1S/C11H11ClFN3O2/c12-8-3-7(11(18)16-14-5-17)10(4-9(8)13)15-6-1-2-6/h3-6,15H,1-2H2,(H,14,17)(H,16,18). The summed E-state index contributed by atoms with van der Waals surface area (Å²) in [5, 5.41) is 2.89. The van der Waals surface area contributed by atoms with E-state index in [0.717, 1.165) is 12.8 Å². The van der Waals surface area contributed by atoms with E-state index in [2.05, 4.69) is 10.7 Å². The van der Waals surface area contributed by atoms with Gasteiger partial charge in [0.2, 0.25) is 6.41 Å². The second-order valence-corrected chi connectivity index (χ2v) is 4.35. The second kappa shape index (κ2) is 5.22.